The maximum Gasteiger partial charge on any atom is 0.222 e. The molecule has 3 N–H and O–H groups in total. The molecule has 0 amide bonds. The topological polar surface area (TPSA) is 63.8 Å². The summed E-state index contributed by atoms with van der Waals surface area (Å²) >= 11 is 1.96. The van der Waals surface area contributed by atoms with Crippen molar-refractivity contribution in [1.29, 1.82) is 0 Å². The van der Waals surface area contributed by atoms with Gasteiger partial charge in [-0.2, -0.15) is 16.7 Å². The van der Waals surface area contributed by atoms with Crippen LogP contribution >= 0.6 is 11.8 Å². The van der Waals surface area contributed by atoms with Crippen LogP contribution in [-0.2, 0) is 0 Å². The van der Waals surface area contributed by atoms with Crippen LogP contribution in [-0.4, -0.2) is 27.5 Å². The minimum Gasteiger partial charge on any atom is -0.368 e. The van der Waals surface area contributed by atoms with Gasteiger partial charge >= 0.3 is 0 Å². The minimum absolute atomic E-state index is 0.331. The fraction of sp³-hybridized carbons (Fsp3) is 0.636. The SMILES string of the molecule is CCSCCC(C)Nc1cc(C)nc(N)n1. The number of nitrogens with zero attached hydrogens (tertiary/aromatic N) is 2. The zero-order valence-electron chi connectivity index (χ0n) is 10.2. The maximum absolute atomic E-state index is 5.59. The molecule has 0 fully saturated rings. The molecule has 0 aliphatic heterocycles. The van der Waals surface area contributed by atoms with Gasteiger partial charge in [0.1, 0.15) is 5.82 Å². The Morgan fingerprint density at radius 2 is 2.25 bits per heavy atom. The van der Waals surface area contributed by atoms with Crippen molar-refractivity contribution in [3.63, 3.8) is 0 Å². The zero-order valence-corrected chi connectivity index (χ0v) is 11.0. The van der Waals surface area contributed by atoms with Crippen LogP contribution in [0.25, 0.3) is 0 Å². The van der Waals surface area contributed by atoms with E-state index in [1.54, 1.807) is 0 Å². The fourth-order valence-corrected chi connectivity index (χ4v) is 2.20. The number of hydrogen-bond donors (Lipinski definition) is 2. The third kappa shape index (κ3) is 4.70. The largest absolute Gasteiger partial charge is 0.368 e. The van der Waals surface area contributed by atoms with Crippen LogP contribution in [0.1, 0.15) is 26.0 Å². The Kier molecular flexibility index (Phi) is 5.38. The van der Waals surface area contributed by atoms with Crippen LogP contribution in [0.2, 0.25) is 0 Å². The van der Waals surface area contributed by atoms with E-state index in [2.05, 4.69) is 29.1 Å². The second-order valence-corrected chi connectivity index (χ2v) is 5.18. The summed E-state index contributed by atoms with van der Waals surface area (Å²) in [7, 11) is 0. The summed E-state index contributed by atoms with van der Waals surface area (Å²) < 4.78 is 0. The Balaban J connectivity index is 2.45. The third-order valence-corrected chi connectivity index (χ3v) is 3.10. The lowest BCUT2D eigenvalue weighted by Gasteiger charge is -2.14. The van der Waals surface area contributed by atoms with Crippen molar-refractivity contribution in [2.24, 2.45) is 0 Å². The first kappa shape index (κ1) is 13.1. The fourth-order valence-electron chi connectivity index (χ4n) is 1.39. The van der Waals surface area contributed by atoms with E-state index >= 15 is 0 Å². The smallest absolute Gasteiger partial charge is 0.222 e. The molecule has 5 heteroatoms. The number of aryl methyl sites for hydroxylation is 1. The molecule has 1 rings (SSSR count). The molecular weight excluding hydrogens is 220 g/mol. The molecule has 1 aromatic heterocycles. The number of nitrogen functional groups attached to an aromatic ring is 1. The van der Waals surface area contributed by atoms with E-state index in [1.807, 2.05) is 24.8 Å². The van der Waals surface area contributed by atoms with Crippen LogP contribution in [0.15, 0.2) is 6.07 Å². The summed E-state index contributed by atoms with van der Waals surface area (Å²) in [6.45, 7) is 6.25. The number of nitrogens with one attached hydrogen (secondary N) is 1. The molecule has 1 heterocycles. The Morgan fingerprint density at radius 1 is 1.50 bits per heavy atom. The van der Waals surface area contributed by atoms with Gasteiger partial charge in [-0.25, -0.2) is 4.98 Å². The van der Waals surface area contributed by atoms with Gasteiger partial charge in [0.15, 0.2) is 0 Å². The average molecular weight is 240 g/mol. The molecule has 90 valence electrons. The number of anilines is 2. The molecular formula is C11H20N4S. The summed E-state index contributed by atoms with van der Waals surface area (Å²) in [6.07, 6.45) is 1.13. The number of aromatic nitrogens is 2. The predicted octanol–water partition coefficient (Wildman–Crippen LogP) is 2.31. The average Bonchev–Trinajstić information content (AvgIpc) is 2.16. The molecule has 4 nitrogen and oxygen atoms in total. The first-order chi connectivity index (χ1) is 7.61. The molecule has 0 aromatic carbocycles. The van der Waals surface area contributed by atoms with E-state index in [0.717, 1.165) is 17.9 Å². The quantitative estimate of drug-likeness (QED) is 0.747. The van der Waals surface area contributed by atoms with Gasteiger partial charge in [0.05, 0.1) is 0 Å². The highest BCUT2D eigenvalue weighted by atomic mass is 32.2. The van der Waals surface area contributed by atoms with Gasteiger partial charge in [-0.15, -0.1) is 0 Å². The summed E-state index contributed by atoms with van der Waals surface area (Å²) in [4.78, 5) is 8.19. The van der Waals surface area contributed by atoms with E-state index in [1.165, 1.54) is 11.5 Å². The lowest BCUT2D eigenvalue weighted by Crippen LogP contribution is -2.17. The van der Waals surface area contributed by atoms with Crippen LogP contribution < -0.4 is 11.1 Å². The molecule has 0 saturated carbocycles. The summed E-state index contributed by atoms with van der Waals surface area (Å²) in [6, 6.07) is 2.33. The van der Waals surface area contributed by atoms with Crippen molar-refractivity contribution >= 4 is 23.5 Å². The van der Waals surface area contributed by atoms with E-state index in [0.29, 0.717) is 12.0 Å². The van der Waals surface area contributed by atoms with Crippen molar-refractivity contribution < 1.29 is 0 Å². The molecule has 1 aromatic rings. The minimum atomic E-state index is 0.331. The van der Waals surface area contributed by atoms with E-state index in [-0.39, 0.29) is 0 Å². The van der Waals surface area contributed by atoms with Gasteiger partial charge in [-0.05, 0) is 31.8 Å². The van der Waals surface area contributed by atoms with Crippen molar-refractivity contribution in [3.8, 4) is 0 Å². The highest BCUT2D eigenvalue weighted by Gasteiger charge is 2.04. The van der Waals surface area contributed by atoms with Crippen LogP contribution in [0.5, 0.6) is 0 Å². The number of hydrogen-bond acceptors (Lipinski definition) is 5. The molecule has 0 radical (unpaired) electrons. The third-order valence-electron chi connectivity index (χ3n) is 2.17. The molecule has 1 unspecified atom stereocenters. The molecule has 0 aliphatic carbocycles. The Hall–Kier alpha value is -0.970. The van der Waals surface area contributed by atoms with E-state index in [9.17, 15) is 0 Å². The van der Waals surface area contributed by atoms with Crippen LogP contribution in [0.4, 0.5) is 11.8 Å². The molecule has 0 bridgehead atoms. The highest BCUT2D eigenvalue weighted by molar-refractivity contribution is 7.99. The normalized spacial score (nSPS) is 12.4. The zero-order chi connectivity index (χ0) is 12.0. The first-order valence-corrected chi connectivity index (χ1v) is 6.72. The summed E-state index contributed by atoms with van der Waals surface area (Å²) in [5.41, 5.74) is 6.48. The number of rotatable bonds is 6. The second kappa shape index (κ2) is 6.58. The van der Waals surface area contributed by atoms with Gasteiger partial charge in [-0.3, -0.25) is 0 Å². The van der Waals surface area contributed by atoms with Crippen molar-refractivity contribution in [2.75, 3.05) is 22.6 Å². The Morgan fingerprint density at radius 3 is 2.88 bits per heavy atom. The number of thioether (sulfide) groups is 1. The van der Waals surface area contributed by atoms with Gasteiger partial charge in [0, 0.05) is 17.8 Å². The lowest BCUT2D eigenvalue weighted by atomic mass is 10.2. The molecule has 1 atom stereocenters. The number of nitrogens with two attached hydrogens (primary N) is 1. The van der Waals surface area contributed by atoms with Crippen LogP contribution in [0, 0.1) is 6.92 Å². The molecule has 16 heavy (non-hydrogen) atoms. The van der Waals surface area contributed by atoms with Gasteiger partial charge in [-0.1, -0.05) is 6.92 Å². The van der Waals surface area contributed by atoms with Gasteiger partial charge in [0.25, 0.3) is 0 Å². The lowest BCUT2D eigenvalue weighted by molar-refractivity contribution is 0.765. The van der Waals surface area contributed by atoms with Gasteiger partial charge < -0.3 is 11.1 Å². The highest BCUT2D eigenvalue weighted by Crippen LogP contribution is 2.11. The standard InChI is InChI=1S/C11H20N4S/c1-4-16-6-5-8(2)13-10-7-9(3)14-11(12)15-10/h7-8H,4-6H2,1-3H3,(H3,12,13,14,15). The second-order valence-electron chi connectivity index (χ2n) is 3.78. The Bertz CT molecular complexity index is 310. The van der Waals surface area contributed by atoms with Crippen LogP contribution in [0.3, 0.4) is 0 Å². The monoisotopic (exact) mass is 240 g/mol. The molecule has 0 saturated heterocycles. The maximum atomic E-state index is 5.59. The predicted molar refractivity (Wildman–Crippen MR) is 71.9 cm³/mol. The van der Waals surface area contributed by atoms with Crippen molar-refractivity contribution in [1.82, 2.24) is 9.97 Å². The van der Waals surface area contributed by atoms with Gasteiger partial charge in [0.2, 0.25) is 5.95 Å². The summed E-state index contributed by atoms with van der Waals surface area (Å²) in [5.74, 6) is 3.49. The van der Waals surface area contributed by atoms with E-state index < -0.39 is 0 Å². The van der Waals surface area contributed by atoms with E-state index in [4.69, 9.17) is 5.73 Å². The molecule has 0 spiro atoms. The first-order valence-electron chi connectivity index (χ1n) is 5.57. The Labute approximate surface area is 101 Å². The molecule has 0 aliphatic rings. The van der Waals surface area contributed by atoms with Crippen molar-refractivity contribution in [2.45, 2.75) is 33.2 Å². The summed E-state index contributed by atoms with van der Waals surface area (Å²) in [5, 5.41) is 3.34. The van der Waals surface area contributed by atoms with Crippen molar-refractivity contribution in [3.05, 3.63) is 11.8 Å².